The smallest absolute Gasteiger partial charge is 0.0203 e. The predicted octanol–water partition coefficient (Wildman–Crippen LogP) is 2.74. The van der Waals surface area contributed by atoms with E-state index in [0.29, 0.717) is 0 Å². The first-order chi connectivity index (χ1) is 6.15. The van der Waals surface area contributed by atoms with Gasteiger partial charge in [-0.05, 0) is 26.7 Å². The molecule has 1 aliphatic heterocycles. The molecule has 0 aromatic rings. The summed E-state index contributed by atoms with van der Waals surface area (Å²) in [6, 6.07) is 1.45. The lowest BCUT2D eigenvalue weighted by Gasteiger charge is -2.39. The molecule has 0 aromatic heterocycles. The summed E-state index contributed by atoms with van der Waals surface area (Å²) in [6.45, 7) is 9.69. The lowest BCUT2D eigenvalue weighted by Crippen LogP contribution is -2.44. The fourth-order valence-electron chi connectivity index (χ4n) is 2.09. The third kappa shape index (κ3) is 3.03. The summed E-state index contributed by atoms with van der Waals surface area (Å²) in [4.78, 5) is 2.56. The maximum atomic E-state index is 4.25. The predicted molar refractivity (Wildman–Crippen MR) is 62.5 cm³/mol. The lowest BCUT2D eigenvalue weighted by atomic mass is 9.97. The number of nitrogens with zero attached hydrogens (tertiary/aromatic N) is 1. The van der Waals surface area contributed by atoms with Crippen molar-refractivity contribution in [2.24, 2.45) is 0 Å². The molecule has 2 atom stereocenters. The number of likely N-dealkylation sites (tertiary alicyclic amines) is 1. The zero-order valence-electron chi connectivity index (χ0n) is 8.79. The van der Waals surface area contributed by atoms with Crippen LogP contribution in [0.1, 0.15) is 33.1 Å². The molecule has 13 heavy (non-hydrogen) atoms. The van der Waals surface area contributed by atoms with Crippen molar-refractivity contribution in [3.63, 3.8) is 0 Å². The first-order valence-electron chi connectivity index (χ1n) is 5.18. The Kier molecular flexibility index (Phi) is 4.33. The van der Waals surface area contributed by atoms with Crippen LogP contribution in [0.25, 0.3) is 0 Å². The molecule has 0 amide bonds. The van der Waals surface area contributed by atoms with Crippen molar-refractivity contribution < 1.29 is 0 Å². The van der Waals surface area contributed by atoms with Gasteiger partial charge in [0.1, 0.15) is 0 Å². The van der Waals surface area contributed by atoms with E-state index < -0.39 is 0 Å². The Morgan fingerprint density at radius 1 is 1.38 bits per heavy atom. The van der Waals surface area contributed by atoms with Crippen LogP contribution in [0.2, 0.25) is 0 Å². The summed E-state index contributed by atoms with van der Waals surface area (Å²) >= 11 is 4.25. The highest BCUT2D eigenvalue weighted by molar-refractivity contribution is 7.80. The molecule has 1 nitrogen and oxygen atoms in total. The van der Waals surface area contributed by atoms with Crippen molar-refractivity contribution >= 4 is 12.6 Å². The average molecular weight is 199 g/mol. The largest absolute Gasteiger partial charge is 0.294 e. The number of piperidine rings is 1. The van der Waals surface area contributed by atoms with Crippen LogP contribution in [-0.2, 0) is 0 Å². The average Bonchev–Trinajstić information content (AvgIpc) is 2.11. The maximum absolute atomic E-state index is 4.25. The van der Waals surface area contributed by atoms with E-state index in [2.05, 4.69) is 38.0 Å². The fourth-order valence-corrected chi connectivity index (χ4v) is 2.19. The Bertz CT molecular complexity index is 169. The molecule has 0 spiro atoms. The third-order valence-corrected chi connectivity index (χ3v) is 3.45. The summed E-state index contributed by atoms with van der Waals surface area (Å²) in [5.41, 5.74) is 1.24. The van der Waals surface area contributed by atoms with Gasteiger partial charge in [0.05, 0.1) is 0 Å². The summed E-state index contributed by atoms with van der Waals surface area (Å²) in [6.07, 6.45) is 4.06. The Labute approximate surface area is 87.6 Å². The van der Waals surface area contributed by atoms with Crippen molar-refractivity contribution in [3.8, 4) is 0 Å². The first-order valence-corrected chi connectivity index (χ1v) is 5.81. The van der Waals surface area contributed by atoms with Gasteiger partial charge in [0.15, 0.2) is 0 Å². The molecule has 0 N–H and O–H groups in total. The van der Waals surface area contributed by atoms with Crippen molar-refractivity contribution in [2.75, 3.05) is 12.3 Å². The van der Waals surface area contributed by atoms with Gasteiger partial charge >= 0.3 is 0 Å². The second kappa shape index (κ2) is 5.06. The normalized spacial score (nSPS) is 30.4. The van der Waals surface area contributed by atoms with Gasteiger partial charge in [0.25, 0.3) is 0 Å². The highest BCUT2D eigenvalue weighted by Gasteiger charge is 2.24. The first kappa shape index (κ1) is 11.1. The molecule has 76 valence electrons. The van der Waals surface area contributed by atoms with Crippen LogP contribution in [0.3, 0.4) is 0 Å². The Morgan fingerprint density at radius 3 is 2.38 bits per heavy atom. The molecule has 0 aromatic carbocycles. The summed E-state index contributed by atoms with van der Waals surface area (Å²) in [7, 11) is 0. The number of hydrogen-bond donors (Lipinski definition) is 1. The molecule has 0 radical (unpaired) electrons. The van der Waals surface area contributed by atoms with Crippen molar-refractivity contribution in [1.29, 1.82) is 0 Å². The zero-order chi connectivity index (χ0) is 9.84. The van der Waals surface area contributed by atoms with E-state index in [0.717, 1.165) is 24.4 Å². The SMILES string of the molecule is C=C(CS)CN1[C@H](C)CCC[C@@H]1C. The summed E-state index contributed by atoms with van der Waals surface area (Å²) < 4.78 is 0. The van der Waals surface area contributed by atoms with Crippen molar-refractivity contribution in [1.82, 2.24) is 4.90 Å². The van der Waals surface area contributed by atoms with Gasteiger partial charge in [-0.3, -0.25) is 4.90 Å². The standard InChI is InChI=1S/C11H21NS/c1-9(8-13)7-12-10(2)5-4-6-11(12)3/h10-11,13H,1,4-8H2,2-3H3/t10-,11+. The molecule has 1 rings (SSSR count). The van der Waals surface area contributed by atoms with Gasteiger partial charge in [-0.1, -0.05) is 18.6 Å². The highest BCUT2D eigenvalue weighted by atomic mass is 32.1. The van der Waals surface area contributed by atoms with Gasteiger partial charge in [0.2, 0.25) is 0 Å². The molecule has 1 fully saturated rings. The molecular formula is C11H21NS. The van der Waals surface area contributed by atoms with Crippen LogP contribution >= 0.6 is 12.6 Å². The van der Waals surface area contributed by atoms with Crippen molar-refractivity contribution in [2.45, 2.75) is 45.2 Å². The molecular weight excluding hydrogens is 178 g/mol. The Balaban J connectivity index is 2.48. The van der Waals surface area contributed by atoms with E-state index in [-0.39, 0.29) is 0 Å². The quantitative estimate of drug-likeness (QED) is 0.540. The van der Waals surface area contributed by atoms with E-state index in [1.165, 1.54) is 24.8 Å². The summed E-state index contributed by atoms with van der Waals surface area (Å²) in [5, 5.41) is 0. The molecule has 0 unspecified atom stereocenters. The van der Waals surface area contributed by atoms with Crippen LogP contribution in [0.4, 0.5) is 0 Å². The summed E-state index contributed by atoms with van der Waals surface area (Å²) in [5.74, 6) is 0.815. The minimum Gasteiger partial charge on any atom is -0.294 e. The number of thiol groups is 1. The number of rotatable bonds is 3. The molecule has 0 bridgehead atoms. The second-order valence-corrected chi connectivity index (χ2v) is 4.53. The Hall–Kier alpha value is 0.0500. The maximum Gasteiger partial charge on any atom is 0.0203 e. The molecule has 1 aliphatic rings. The number of hydrogen-bond acceptors (Lipinski definition) is 2. The third-order valence-electron chi connectivity index (χ3n) is 3.01. The fraction of sp³-hybridized carbons (Fsp3) is 0.818. The highest BCUT2D eigenvalue weighted by Crippen LogP contribution is 2.23. The van der Waals surface area contributed by atoms with E-state index in [9.17, 15) is 0 Å². The molecule has 1 saturated heterocycles. The van der Waals surface area contributed by atoms with Crippen LogP contribution < -0.4 is 0 Å². The Morgan fingerprint density at radius 2 is 1.92 bits per heavy atom. The minimum atomic E-state index is 0.723. The van der Waals surface area contributed by atoms with Crippen LogP contribution in [0.15, 0.2) is 12.2 Å². The molecule has 0 aliphatic carbocycles. The second-order valence-electron chi connectivity index (χ2n) is 4.21. The topological polar surface area (TPSA) is 3.24 Å². The molecule has 0 saturated carbocycles. The van der Waals surface area contributed by atoms with Crippen LogP contribution in [-0.4, -0.2) is 29.3 Å². The zero-order valence-corrected chi connectivity index (χ0v) is 9.69. The van der Waals surface area contributed by atoms with Crippen molar-refractivity contribution in [3.05, 3.63) is 12.2 Å². The van der Waals surface area contributed by atoms with E-state index in [4.69, 9.17) is 0 Å². The monoisotopic (exact) mass is 199 g/mol. The minimum absolute atomic E-state index is 0.723. The molecule has 1 heterocycles. The van der Waals surface area contributed by atoms with E-state index >= 15 is 0 Å². The lowest BCUT2D eigenvalue weighted by molar-refractivity contribution is 0.116. The molecule has 2 heteroatoms. The van der Waals surface area contributed by atoms with Gasteiger partial charge < -0.3 is 0 Å². The van der Waals surface area contributed by atoms with Gasteiger partial charge in [-0.2, -0.15) is 12.6 Å². The van der Waals surface area contributed by atoms with Crippen LogP contribution in [0.5, 0.6) is 0 Å². The van der Waals surface area contributed by atoms with E-state index in [1.54, 1.807) is 0 Å². The van der Waals surface area contributed by atoms with E-state index in [1.807, 2.05) is 0 Å². The van der Waals surface area contributed by atoms with Gasteiger partial charge in [-0.15, -0.1) is 0 Å². The van der Waals surface area contributed by atoms with Crippen LogP contribution in [0, 0.1) is 0 Å². The van der Waals surface area contributed by atoms with Gasteiger partial charge in [-0.25, -0.2) is 0 Å². The van der Waals surface area contributed by atoms with Gasteiger partial charge in [0, 0.05) is 24.4 Å².